The quantitative estimate of drug-likeness (QED) is 0.0335. The summed E-state index contributed by atoms with van der Waals surface area (Å²) < 4.78 is 15.7. The number of para-hydroxylation sites is 4. The number of rotatable bonds is 20. The van der Waals surface area contributed by atoms with E-state index in [9.17, 15) is 30.4 Å². The zero-order chi connectivity index (χ0) is 51.2. The Hall–Kier alpha value is -7.96. The average Bonchev–Trinajstić information content (AvgIpc) is 4.16. The summed E-state index contributed by atoms with van der Waals surface area (Å²) in [7, 11) is 0. The summed E-state index contributed by atoms with van der Waals surface area (Å²) >= 11 is 0. The highest BCUT2D eigenvalue weighted by Crippen LogP contribution is 2.28. The SMILES string of the molecule is O.O=[N+]([O-])c1cnccc1NCCN1CCCC(Nc2nc3ccccc3n2Cc2ccc(CO)o2)CC1.O=[N+]([O-])c1cnccc1NCCN1CCCC(Nc2nc3ccccc3n2Cc2ccc(CO)o2)CC1. The molecule has 2 atom stereocenters. The van der Waals surface area contributed by atoms with Crippen molar-refractivity contribution in [3.8, 4) is 0 Å². The van der Waals surface area contributed by atoms with Crippen LogP contribution in [0.1, 0.15) is 61.6 Å². The lowest BCUT2D eigenvalue weighted by atomic mass is 10.1. The fourth-order valence-electron chi connectivity index (χ4n) is 9.66. The van der Waals surface area contributed by atoms with Crippen LogP contribution in [0.2, 0.25) is 0 Å². The number of likely N-dealkylation sites (tertiary alicyclic amines) is 2. The Bertz CT molecular complexity index is 2910. The molecule has 2 unspecified atom stereocenters. The van der Waals surface area contributed by atoms with Crippen molar-refractivity contribution in [3.05, 3.63) is 153 Å². The summed E-state index contributed by atoms with van der Waals surface area (Å²) in [5, 5.41) is 54.8. The number of aromatic nitrogens is 6. The van der Waals surface area contributed by atoms with E-state index in [1.165, 1.54) is 12.4 Å². The van der Waals surface area contributed by atoms with Crippen molar-refractivity contribution in [2.75, 3.05) is 73.6 Å². The van der Waals surface area contributed by atoms with E-state index < -0.39 is 9.85 Å². The standard InChI is InChI=1S/2C26H31N7O4.H2O/c2*34-18-21-8-7-20(37-21)17-32-24-6-2-1-5-23(24)30-26(32)29-19-4-3-13-31(14-10-19)15-12-28-22-9-11-27-16-25(22)33(35)36;/h2*1-2,5-9,11,16,19,34H,3-4,10,12-15,17-18H2,(H,27,28)(H,29,30);1H2. The van der Waals surface area contributed by atoms with Crippen molar-refractivity contribution in [3.63, 3.8) is 0 Å². The molecule has 396 valence electrons. The lowest BCUT2D eigenvalue weighted by molar-refractivity contribution is -0.384. The first kappa shape index (κ1) is 53.3. The van der Waals surface area contributed by atoms with Crippen molar-refractivity contribution in [1.82, 2.24) is 38.9 Å². The highest BCUT2D eigenvalue weighted by molar-refractivity contribution is 5.79. The summed E-state index contributed by atoms with van der Waals surface area (Å²) in [4.78, 5) is 43.8. The van der Waals surface area contributed by atoms with E-state index in [1.54, 1.807) is 36.7 Å². The fourth-order valence-corrected chi connectivity index (χ4v) is 9.66. The number of hydrogen-bond donors (Lipinski definition) is 6. The summed E-state index contributed by atoms with van der Waals surface area (Å²) in [6.45, 7) is 7.46. The number of imidazole rings is 2. The lowest BCUT2D eigenvalue weighted by Crippen LogP contribution is -2.31. The Morgan fingerprint density at radius 1 is 0.573 bits per heavy atom. The number of anilines is 4. The van der Waals surface area contributed by atoms with Crippen molar-refractivity contribution < 1.29 is 34.4 Å². The molecule has 2 aliphatic heterocycles. The Labute approximate surface area is 432 Å². The van der Waals surface area contributed by atoms with Crippen LogP contribution in [0.3, 0.4) is 0 Å². The summed E-state index contributed by atoms with van der Waals surface area (Å²) in [6.07, 6.45) is 11.7. The molecule has 23 heteroatoms. The van der Waals surface area contributed by atoms with Gasteiger partial charge in [0.1, 0.15) is 60.0 Å². The van der Waals surface area contributed by atoms with Crippen LogP contribution in [-0.4, -0.2) is 129 Å². The Kier molecular flexibility index (Phi) is 18.4. The highest BCUT2D eigenvalue weighted by Gasteiger charge is 2.23. The Morgan fingerprint density at radius 3 is 1.41 bits per heavy atom. The van der Waals surface area contributed by atoms with Crippen LogP contribution in [0.15, 0.2) is 119 Å². The first-order chi connectivity index (χ1) is 36.2. The number of fused-ring (bicyclic) bond motifs is 2. The second kappa shape index (κ2) is 25.8. The molecule has 8 heterocycles. The summed E-state index contributed by atoms with van der Waals surface area (Å²) in [5.41, 5.74) is 4.88. The van der Waals surface area contributed by atoms with Gasteiger partial charge in [0, 0.05) is 63.7 Å². The molecular weight excluding hydrogens is 965 g/mol. The number of aliphatic hydroxyl groups excluding tert-OH is 2. The minimum atomic E-state index is -0.414. The van der Waals surface area contributed by atoms with E-state index in [0.29, 0.717) is 49.1 Å². The second-order valence-electron chi connectivity index (χ2n) is 18.5. The molecule has 2 aliphatic rings. The van der Waals surface area contributed by atoms with Crippen molar-refractivity contribution >= 4 is 56.7 Å². The van der Waals surface area contributed by atoms with Gasteiger partial charge in [-0.15, -0.1) is 0 Å². The molecule has 0 bridgehead atoms. The first-order valence-electron chi connectivity index (χ1n) is 25.1. The van der Waals surface area contributed by atoms with Gasteiger partial charge in [0.15, 0.2) is 0 Å². The van der Waals surface area contributed by atoms with Crippen LogP contribution in [0.25, 0.3) is 22.1 Å². The topological polar surface area (TPSA) is 301 Å². The number of aliphatic hydroxyl groups is 2. The third-order valence-corrected chi connectivity index (χ3v) is 13.5. The molecule has 2 saturated heterocycles. The molecule has 8 N–H and O–H groups in total. The molecule has 0 amide bonds. The predicted molar refractivity (Wildman–Crippen MR) is 285 cm³/mol. The number of nitro groups is 2. The van der Waals surface area contributed by atoms with Gasteiger partial charge < -0.3 is 64.7 Å². The zero-order valence-electron chi connectivity index (χ0n) is 41.6. The van der Waals surface area contributed by atoms with Crippen LogP contribution in [0.4, 0.5) is 34.6 Å². The maximum absolute atomic E-state index is 11.2. The largest absolute Gasteiger partial charge is 0.462 e. The molecule has 0 spiro atoms. The predicted octanol–water partition coefficient (Wildman–Crippen LogP) is 6.88. The number of nitrogens with zero attached hydrogens (tertiary/aromatic N) is 10. The molecule has 2 fully saturated rings. The van der Waals surface area contributed by atoms with Crippen LogP contribution >= 0.6 is 0 Å². The molecule has 8 aromatic rings. The Morgan fingerprint density at radius 2 is 1.00 bits per heavy atom. The summed E-state index contributed by atoms with van der Waals surface area (Å²) in [5.74, 6) is 4.26. The van der Waals surface area contributed by atoms with Crippen LogP contribution in [0.5, 0.6) is 0 Å². The van der Waals surface area contributed by atoms with E-state index in [2.05, 4.69) is 62.3 Å². The molecule has 10 rings (SSSR count). The smallest absolute Gasteiger partial charge is 0.310 e. The Balaban J connectivity index is 0.000000197. The second-order valence-corrected chi connectivity index (χ2v) is 18.5. The highest BCUT2D eigenvalue weighted by atomic mass is 16.6. The van der Waals surface area contributed by atoms with Gasteiger partial charge in [-0.1, -0.05) is 24.3 Å². The van der Waals surface area contributed by atoms with E-state index in [0.717, 1.165) is 123 Å². The van der Waals surface area contributed by atoms with Crippen molar-refractivity contribution in [2.24, 2.45) is 0 Å². The number of hydrogen-bond acceptors (Lipinski definition) is 18. The van der Waals surface area contributed by atoms with Gasteiger partial charge in [0.2, 0.25) is 11.9 Å². The molecule has 23 nitrogen and oxygen atoms in total. The van der Waals surface area contributed by atoms with Gasteiger partial charge >= 0.3 is 11.4 Å². The third kappa shape index (κ3) is 13.8. The average molecular weight is 1030 g/mol. The van der Waals surface area contributed by atoms with Crippen LogP contribution < -0.4 is 21.3 Å². The van der Waals surface area contributed by atoms with Gasteiger partial charge in [0.05, 0.1) is 45.0 Å². The first-order valence-corrected chi connectivity index (χ1v) is 25.1. The molecule has 0 saturated carbocycles. The molecular formula is C52H64N14O9. The third-order valence-electron chi connectivity index (χ3n) is 13.5. The van der Waals surface area contributed by atoms with E-state index in [1.807, 2.05) is 48.5 Å². The maximum atomic E-state index is 11.2. The number of nitrogens with one attached hydrogen (secondary N) is 4. The number of pyridine rings is 2. The van der Waals surface area contributed by atoms with E-state index in [-0.39, 0.29) is 42.1 Å². The molecule has 6 aromatic heterocycles. The number of benzene rings is 2. The van der Waals surface area contributed by atoms with Gasteiger partial charge in [-0.3, -0.25) is 30.2 Å². The minimum Gasteiger partial charge on any atom is -0.462 e. The van der Waals surface area contributed by atoms with Crippen molar-refractivity contribution in [2.45, 2.75) is 76.9 Å². The molecule has 2 aromatic carbocycles. The molecule has 0 aliphatic carbocycles. The van der Waals surface area contributed by atoms with Gasteiger partial charge in [-0.25, -0.2) is 9.97 Å². The van der Waals surface area contributed by atoms with E-state index in [4.69, 9.17) is 18.8 Å². The molecule has 75 heavy (non-hydrogen) atoms. The maximum Gasteiger partial charge on any atom is 0.310 e. The van der Waals surface area contributed by atoms with Gasteiger partial charge in [0.25, 0.3) is 0 Å². The van der Waals surface area contributed by atoms with E-state index >= 15 is 0 Å². The minimum absolute atomic E-state index is 0. The van der Waals surface area contributed by atoms with Crippen LogP contribution in [-0.2, 0) is 26.3 Å². The number of furan rings is 2. The van der Waals surface area contributed by atoms with Crippen molar-refractivity contribution in [1.29, 1.82) is 0 Å². The normalized spacial score (nSPS) is 16.3. The monoisotopic (exact) mass is 1030 g/mol. The van der Waals surface area contributed by atoms with Gasteiger partial charge in [-0.2, -0.15) is 0 Å². The van der Waals surface area contributed by atoms with Gasteiger partial charge in [-0.05, 0) is 112 Å². The fraction of sp³-hybridized carbons (Fsp3) is 0.385. The summed E-state index contributed by atoms with van der Waals surface area (Å²) in [6, 6.07) is 27.3. The van der Waals surface area contributed by atoms with Crippen LogP contribution in [0, 0.1) is 20.2 Å². The molecule has 0 radical (unpaired) electrons. The lowest BCUT2D eigenvalue weighted by Gasteiger charge is -2.21. The zero-order valence-corrected chi connectivity index (χ0v) is 41.6.